The van der Waals surface area contributed by atoms with Crippen LogP contribution >= 0.6 is 0 Å². The van der Waals surface area contributed by atoms with E-state index in [9.17, 15) is 0 Å². The van der Waals surface area contributed by atoms with Crippen LogP contribution in [0.15, 0.2) is 0 Å². The van der Waals surface area contributed by atoms with E-state index in [1.165, 1.54) is 45.4 Å². The summed E-state index contributed by atoms with van der Waals surface area (Å²) < 4.78 is 0. The number of nitrogens with one attached hydrogen (secondary N) is 1. The van der Waals surface area contributed by atoms with Crippen LogP contribution in [0.25, 0.3) is 0 Å². The largest absolute Gasteiger partial charge is 0.316 e. The van der Waals surface area contributed by atoms with Crippen molar-refractivity contribution in [2.45, 2.75) is 39.2 Å². The molecule has 0 spiro atoms. The Morgan fingerprint density at radius 1 is 1.00 bits per heavy atom. The molecule has 0 bridgehead atoms. The molecule has 3 rings (SSSR count). The first-order chi connectivity index (χ1) is 7.74. The van der Waals surface area contributed by atoms with Gasteiger partial charge in [0.2, 0.25) is 0 Å². The van der Waals surface area contributed by atoms with Crippen LogP contribution in [-0.2, 0) is 0 Å². The molecule has 2 heteroatoms. The lowest BCUT2D eigenvalue weighted by molar-refractivity contribution is 0.106. The third kappa shape index (κ3) is 1.91. The van der Waals surface area contributed by atoms with Crippen LogP contribution in [-0.4, -0.2) is 37.1 Å². The highest BCUT2D eigenvalue weighted by molar-refractivity contribution is 4.95. The molecule has 0 amide bonds. The smallest absolute Gasteiger partial charge is 0.0124 e. The van der Waals surface area contributed by atoms with Crippen LogP contribution in [0.2, 0.25) is 0 Å². The summed E-state index contributed by atoms with van der Waals surface area (Å²) in [4.78, 5) is 2.83. The van der Waals surface area contributed by atoms with E-state index in [-0.39, 0.29) is 0 Å². The summed E-state index contributed by atoms with van der Waals surface area (Å²) in [6.45, 7) is 10.2. The zero-order chi connectivity index (χ0) is 11.1. The van der Waals surface area contributed by atoms with E-state index in [0.717, 1.165) is 29.7 Å². The fraction of sp³-hybridized carbons (Fsp3) is 1.00. The number of hydrogen-bond donors (Lipinski definition) is 1. The highest BCUT2D eigenvalue weighted by Crippen LogP contribution is 2.36. The number of hydrogen-bond acceptors (Lipinski definition) is 2. The Morgan fingerprint density at radius 3 is 2.38 bits per heavy atom. The highest BCUT2D eigenvalue weighted by Gasteiger charge is 2.41. The molecule has 1 N–H and O–H groups in total. The standard InChI is InChI=1S/C14H26N2/c1-10-3-4-11(2)14(5-10)16-8-12-6-15-7-13(12)9-16/h10-15H,3-9H2,1-2H3. The summed E-state index contributed by atoms with van der Waals surface area (Å²) in [5, 5.41) is 3.54. The van der Waals surface area contributed by atoms with Crippen molar-refractivity contribution in [3.63, 3.8) is 0 Å². The van der Waals surface area contributed by atoms with Crippen molar-refractivity contribution in [1.82, 2.24) is 10.2 Å². The second kappa shape index (κ2) is 4.30. The molecule has 0 aromatic heterocycles. The predicted octanol–water partition coefficient (Wildman–Crippen LogP) is 1.96. The molecular weight excluding hydrogens is 196 g/mol. The Balaban J connectivity index is 1.64. The van der Waals surface area contributed by atoms with Crippen LogP contribution < -0.4 is 5.32 Å². The lowest BCUT2D eigenvalue weighted by Crippen LogP contribution is -2.43. The third-order valence-electron chi connectivity index (χ3n) is 5.30. The van der Waals surface area contributed by atoms with Gasteiger partial charge in [0.1, 0.15) is 0 Å². The number of likely N-dealkylation sites (tertiary alicyclic amines) is 1. The fourth-order valence-corrected chi connectivity index (χ4v) is 4.17. The summed E-state index contributed by atoms with van der Waals surface area (Å²) in [5.74, 6) is 3.82. The van der Waals surface area contributed by atoms with Gasteiger partial charge in [-0.25, -0.2) is 0 Å². The van der Waals surface area contributed by atoms with Crippen LogP contribution in [0.5, 0.6) is 0 Å². The highest BCUT2D eigenvalue weighted by atomic mass is 15.2. The van der Waals surface area contributed by atoms with E-state index in [1.807, 2.05) is 0 Å². The molecule has 0 aromatic rings. The Morgan fingerprint density at radius 2 is 1.69 bits per heavy atom. The average molecular weight is 222 g/mol. The van der Waals surface area contributed by atoms with Gasteiger partial charge in [-0.2, -0.15) is 0 Å². The van der Waals surface area contributed by atoms with Crippen molar-refractivity contribution >= 4 is 0 Å². The van der Waals surface area contributed by atoms with Crippen LogP contribution in [0.3, 0.4) is 0 Å². The van der Waals surface area contributed by atoms with Gasteiger partial charge in [-0.05, 0) is 49.6 Å². The molecular formula is C14H26N2. The van der Waals surface area contributed by atoms with Crippen LogP contribution in [0.4, 0.5) is 0 Å². The normalized spacial score (nSPS) is 49.5. The molecule has 16 heavy (non-hydrogen) atoms. The first-order valence-electron chi connectivity index (χ1n) is 7.19. The molecule has 2 saturated heterocycles. The Kier molecular flexibility index (Phi) is 2.97. The molecule has 5 unspecified atom stereocenters. The lowest BCUT2D eigenvalue weighted by atomic mass is 9.79. The lowest BCUT2D eigenvalue weighted by Gasteiger charge is -2.39. The van der Waals surface area contributed by atoms with Crippen molar-refractivity contribution in [2.75, 3.05) is 26.2 Å². The summed E-state index contributed by atoms with van der Waals surface area (Å²) in [6, 6.07) is 0.898. The van der Waals surface area contributed by atoms with Crippen molar-refractivity contribution in [2.24, 2.45) is 23.7 Å². The third-order valence-corrected chi connectivity index (χ3v) is 5.30. The van der Waals surface area contributed by atoms with Gasteiger partial charge in [0.15, 0.2) is 0 Å². The van der Waals surface area contributed by atoms with E-state index in [2.05, 4.69) is 24.1 Å². The minimum atomic E-state index is 0.898. The van der Waals surface area contributed by atoms with E-state index >= 15 is 0 Å². The maximum absolute atomic E-state index is 3.54. The van der Waals surface area contributed by atoms with Gasteiger partial charge in [0.05, 0.1) is 0 Å². The zero-order valence-electron chi connectivity index (χ0n) is 10.8. The molecule has 3 aliphatic rings. The van der Waals surface area contributed by atoms with Gasteiger partial charge in [-0.15, -0.1) is 0 Å². The molecule has 1 saturated carbocycles. The van der Waals surface area contributed by atoms with Crippen molar-refractivity contribution in [3.05, 3.63) is 0 Å². The SMILES string of the molecule is CC1CCC(C)C(N2CC3CNCC3C2)C1. The number of nitrogens with zero attached hydrogens (tertiary/aromatic N) is 1. The fourth-order valence-electron chi connectivity index (χ4n) is 4.17. The van der Waals surface area contributed by atoms with Crippen molar-refractivity contribution in [3.8, 4) is 0 Å². The predicted molar refractivity (Wildman–Crippen MR) is 67.4 cm³/mol. The van der Waals surface area contributed by atoms with Gasteiger partial charge in [-0.3, -0.25) is 4.90 Å². The summed E-state index contributed by atoms with van der Waals surface area (Å²) in [5.41, 5.74) is 0. The molecule has 3 fully saturated rings. The monoisotopic (exact) mass is 222 g/mol. The van der Waals surface area contributed by atoms with Gasteiger partial charge in [-0.1, -0.05) is 20.3 Å². The molecule has 92 valence electrons. The Bertz CT molecular complexity index is 241. The van der Waals surface area contributed by atoms with E-state index in [4.69, 9.17) is 0 Å². The first-order valence-corrected chi connectivity index (χ1v) is 7.19. The van der Waals surface area contributed by atoms with E-state index in [0.29, 0.717) is 0 Å². The topological polar surface area (TPSA) is 15.3 Å². The second-order valence-electron chi connectivity index (χ2n) is 6.60. The zero-order valence-corrected chi connectivity index (χ0v) is 10.8. The molecule has 0 aromatic carbocycles. The quantitative estimate of drug-likeness (QED) is 0.729. The Labute approximate surface area is 99.8 Å². The van der Waals surface area contributed by atoms with Gasteiger partial charge in [0, 0.05) is 19.1 Å². The summed E-state index contributed by atoms with van der Waals surface area (Å²) >= 11 is 0. The van der Waals surface area contributed by atoms with E-state index < -0.39 is 0 Å². The van der Waals surface area contributed by atoms with Gasteiger partial charge >= 0.3 is 0 Å². The minimum absolute atomic E-state index is 0.898. The maximum Gasteiger partial charge on any atom is 0.0124 e. The molecule has 2 aliphatic heterocycles. The molecule has 0 radical (unpaired) electrons. The van der Waals surface area contributed by atoms with Crippen molar-refractivity contribution in [1.29, 1.82) is 0 Å². The van der Waals surface area contributed by atoms with Crippen molar-refractivity contribution < 1.29 is 0 Å². The maximum atomic E-state index is 3.54. The van der Waals surface area contributed by atoms with E-state index in [1.54, 1.807) is 0 Å². The average Bonchev–Trinajstić information content (AvgIpc) is 2.81. The van der Waals surface area contributed by atoms with Crippen LogP contribution in [0.1, 0.15) is 33.1 Å². The van der Waals surface area contributed by atoms with Gasteiger partial charge < -0.3 is 5.32 Å². The second-order valence-corrected chi connectivity index (χ2v) is 6.60. The summed E-state index contributed by atoms with van der Waals surface area (Å²) in [6.07, 6.45) is 4.36. The number of fused-ring (bicyclic) bond motifs is 1. The molecule has 2 nitrogen and oxygen atoms in total. The molecule has 2 heterocycles. The molecule has 5 atom stereocenters. The molecule has 1 aliphatic carbocycles. The first kappa shape index (κ1) is 11.0. The minimum Gasteiger partial charge on any atom is -0.316 e. The van der Waals surface area contributed by atoms with Crippen LogP contribution in [0, 0.1) is 23.7 Å². The summed E-state index contributed by atoms with van der Waals surface area (Å²) in [7, 11) is 0. The van der Waals surface area contributed by atoms with Gasteiger partial charge in [0.25, 0.3) is 0 Å². The number of rotatable bonds is 1. The Hall–Kier alpha value is -0.0800.